The Morgan fingerprint density at radius 1 is 0.718 bits per heavy atom. The molecule has 0 N–H and O–H groups in total. The van der Waals surface area contributed by atoms with Crippen LogP contribution in [0.5, 0.6) is 0 Å². The molecule has 2 aliphatic heterocycles. The van der Waals surface area contributed by atoms with Crippen LogP contribution < -0.4 is 4.90 Å². The predicted octanol–water partition coefficient (Wildman–Crippen LogP) is 8.71. The highest BCUT2D eigenvalue weighted by Gasteiger charge is 2.45. The van der Waals surface area contributed by atoms with E-state index in [-0.39, 0.29) is 0 Å². The molecule has 0 atom stereocenters. The van der Waals surface area contributed by atoms with Gasteiger partial charge in [-0.25, -0.2) is 0 Å². The van der Waals surface area contributed by atoms with Gasteiger partial charge in [-0.05, 0) is 55.8 Å². The molecular formula is C31H31F6N2+. The summed E-state index contributed by atoms with van der Waals surface area (Å²) < 4.78 is 81.4. The van der Waals surface area contributed by atoms with Gasteiger partial charge in [-0.3, -0.25) is 0 Å². The highest BCUT2D eigenvalue weighted by atomic mass is 19.4. The molecule has 2 aromatic rings. The maximum Gasteiger partial charge on any atom is 0.416 e. The second-order valence-corrected chi connectivity index (χ2v) is 10.9. The Morgan fingerprint density at radius 3 is 1.87 bits per heavy atom. The maximum absolute atomic E-state index is 13.2. The van der Waals surface area contributed by atoms with Gasteiger partial charge >= 0.3 is 12.4 Å². The highest BCUT2D eigenvalue weighted by molar-refractivity contribution is 6.03. The van der Waals surface area contributed by atoms with Crippen molar-refractivity contribution in [1.29, 1.82) is 0 Å². The minimum Gasteiger partial charge on any atom is -0.347 e. The molecule has 2 aliphatic rings. The molecule has 0 unspecified atom stereocenters. The summed E-state index contributed by atoms with van der Waals surface area (Å²) >= 11 is 0. The molecule has 39 heavy (non-hydrogen) atoms. The topological polar surface area (TPSA) is 6.25 Å². The molecular weight excluding hydrogens is 514 g/mol. The summed E-state index contributed by atoms with van der Waals surface area (Å²) in [6, 6.07) is 7.68. The fourth-order valence-electron chi connectivity index (χ4n) is 5.51. The lowest BCUT2D eigenvalue weighted by molar-refractivity contribution is -0.401. The van der Waals surface area contributed by atoms with Gasteiger partial charge in [0.05, 0.1) is 16.5 Å². The molecule has 8 heteroatoms. The zero-order valence-electron chi connectivity index (χ0n) is 22.7. The van der Waals surface area contributed by atoms with Gasteiger partial charge in [-0.15, -0.1) is 0 Å². The highest BCUT2D eigenvalue weighted by Crippen LogP contribution is 2.48. The van der Waals surface area contributed by atoms with Crippen molar-refractivity contribution in [3.05, 3.63) is 107 Å². The third-order valence-electron chi connectivity index (χ3n) is 7.67. The van der Waals surface area contributed by atoms with E-state index < -0.39 is 34.3 Å². The molecule has 206 valence electrons. The van der Waals surface area contributed by atoms with Gasteiger partial charge in [0.15, 0.2) is 5.71 Å². The lowest BCUT2D eigenvalue weighted by Gasteiger charge is -2.23. The Hall–Kier alpha value is -3.55. The molecule has 2 heterocycles. The van der Waals surface area contributed by atoms with Gasteiger partial charge < -0.3 is 4.90 Å². The van der Waals surface area contributed by atoms with Crippen LogP contribution in [0.15, 0.2) is 84.6 Å². The van der Waals surface area contributed by atoms with E-state index in [9.17, 15) is 26.3 Å². The average molecular weight is 546 g/mol. The number of halogens is 6. The summed E-state index contributed by atoms with van der Waals surface area (Å²) in [5.74, 6) is 0. The summed E-state index contributed by atoms with van der Waals surface area (Å²) in [5, 5.41) is 0. The van der Waals surface area contributed by atoms with Gasteiger partial charge in [0.25, 0.3) is 0 Å². The smallest absolute Gasteiger partial charge is 0.347 e. The normalized spacial score (nSPS) is 19.8. The van der Waals surface area contributed by atoms with Gasteiger partial charge in [0, 0.05) is 41.6 Å². The van der Waals surface area contributed by atoms with E-state index in [1.54, 1.807) is 0 Å². The number of benzene rings is 2. The van der Waals surface area contributed by atoms with Crippen LogP contribution in [0.1, 0.15) is 49.9 Å². The zero-order chi connectivity index (χ0) is 29.0. The molecule has 0 saturated heterocycles. The molecule has 4 rings (SSSR count). The number of hydrogen-bond donors (Lipinski definition) is 0. The molecule has 0 saturated carbocycles. The van der Waals surface area contributed by atoms with Crippen molar-refractivity contribution < 1.29 is 30.9 Å². The van der Waals surface area contributed by atoms with Crippen molar-refractivity contribution in [2.24, 2.45) is 0 Å². The second-order valence-electron chi connectivity index (χ2n) is 10.9. The largest absolute Gasteiger partial charge is 0.416 e. The van der Waals surface area contributed by atoms with Crippen LogP contribution in [0.25, 0.3) is 0 Å². The van der Waals surface area contributed by atoms with Gasteiger partial charge in [-0.1, -0.05) is 44.2 Å². The number of allylic oxidation sites excluding steroid dienone is 8. The number of fused-ring (bicyclic) bond motifs is 2. The monoisotopic (exact) mass is 545 g/mol. The first-order chi connectivity index (χ1) is 18.0. The Labute approximate surface area is 225 Å². The Kier molecular flexibility index (Phi) is 6.99. The number of alkyl halides is 6. The molecule has 0 radical (unpaired) electrons. The van der Waals surface area contributed by atoms with E-state index in [1.807, 2.05) is 93.8 Å². The van der Waals surface area contributed by atoms with Crippen molar-refractivity contribution in [1.82, 2.24) is 0 Å². The zero-order valence-corrected chi connectivity index (χ0v) is 22.7. The summed E-state index contributed by atoms with van der Waals surface area (Å²) in [7, 11) is 3.68. The third-order valence-corrected chi connectivity index (χ3v) is 7.67. The number of nitrogens with zero attached hydrogens (tertiary/aromatic N) is 2. The van der Waals surface area contributed by atoms with Crippen LogP contribution in [-0.4, -0.2) is 24.4 Å². The fourth-order valence-corrected chi connectivity index (χ4v) is 5.51. The molecule has 0 fully saturated rings. The summed E-state index contributed by atoms with van der Waals surface area (Å²) in [6.07, 6.45) is 4.12. The molecule has 0 spiro atoms. The van der Waals surface area contributed by atoms with E-state index in [4.69, 9.17) is 0 Å². The SMILES string of the molecule is CN1/C(=C/C=C/C=C/C=C/C2=[N+](C)c3ccc(C(F)(F)F)cc3C2(C)C)C(C)(C)c2cc(C(F)(F)F)ccc21. The van der Waals surface area contributed by atoms with Gasteiger partial charge in [0.1, 0.15) is 7.05 Å². The summed E-state index contributed by atoms with van der Waals surface area (Å²) in [5.41, 5.74) is 1.97. The van der Waals surface area contributed by atoms with Gasteiger partial charge in [0.2, 0.25) is 5.69 Å². The van der Waals surface area contributed by atoms with Crippen LogP contribution >= 0.6 is 0 Å². The lowest BCUT2D eigenvalue weighted by Crippen LogP contribution is -2.26. The van der Waals surface area contributed by atoms with Crippen molar-refractivity contribution in [3.8, 4) is 0 Å². The lowest BCUT2D eigenvalue weighted by atomic mass is 9.80. The fraction of sp³-hybridized carbons (Fsp3) is 0.323. The average Bonchev–Trinajstić information content (AvgIpc) is 3.15. The quantitative estimate of drug-likeness (QED) is 0.212. The van der Waals surface area contributed by atoms with E-state index in [0.717, 1.165) is 34.9 Å². The summed E-state index contributed by atoms with van der Waals surface area (Å²) in [6.45, 7) is 7.61. The maximum atomic E-state index is 13.2. The molecule has 0 aliphatic carbocycles. The summed E-state index contributed by atoms with van der Waals surface area (Å²) in [4.78, 5) is 1.90. The second kappa shape index (κ2) is 9.57. The van der Waals surface area contributed by atoms with E-state index in [0.29, 0.717) is 11.1 Å². The van der Waals surface area contributed by atoms with Crippen LogP contribution in [0, 0.1) is 0 Å². The third kappa shape index (κ3) is 5.09. The van der Waals surface area contributed by atoms with Crippen molar-refractivity contribution in [3.63, 3.8) is 0 Å². The Balaban J connectivity index is 1.49. The van der Waals surface area contributed by atoms with Crippen LogP contribution in [0.4, 0.5) is 37.7 Å². The molecule has 2 aromatic carbocycles. The molecule has 0 bridgehead atoms. The van der Waals surface area contributed by atoms with Crippen LogP contribution in [0.3, 0.4) is 0 Å². The van der Waals surface area contributed by atoms with Crippen LogP contribution in [-0.2, 0) is 23.2 Å². The minimum atomic E-state index is -4.40. The number of anilines is 1. The van der Waals surface area contributed by atoms with Gasteiger partial charge in [-0.2, -0.15) is 30.9 Å². The van der Waals surface area contributed by atoms with Crippen molar-refractivity contribution >= 4 is 17.1 Å². The van der Waals surface area contributed by atoms with E-state index in [1.165, 1.54) is 24.3 Å². The number of rotatable bonds is 4. The first-order valence-electron chi connectivity index (χ1n) is 12.5. The van der Waals surface area contributed by atoms with Crippen LogP contribution in [0.2, 0.25) is 0 Å². The predicted molar refractivity (Wildman–Crippen MR) is 144 cm³/mol. The Morgan fingerprint density at radius 2 is 1.26 bits per heavy atom. The molecule has 0 amide bonds. The first kappa shape index (κ1) is 28.5. The number of likely N-dealkylation sites (N-methyl/N-ethyl adjacent to an activating group) is 1. The molecule has 0 aromatic heterocycles. The Bertz CT molecular complexity index is 1450. The number of hydrogen-bond acceptors (Lipinski definition) is 1. The minimum absolute atomic E-state index is 0.602. The first-order valence-corrected chi connectivity index (χ1v) is 12.5. The van der Waals surface area contributed by atoms with Crippen molar-refractivity contribution in [2.75, 3.05) is 19.0 Å². The molecule has 2 nitrogen and oxygen atoms in total. The van der Waals surface area contributed by atoms with Crippen molar-refractivity contribution in [2.45, 2.75) is 50.9 Å². The standard InChI is InChI=1S/C31H31F6N2/c1-28(2)22-18-20(30(32,33)34)14-16-24(22)38(5)26(28)12-10-8-7-9-11-13-27-29(3,4)23-19-21(31(35,36)37)15-17-25(23)39(27)6/h7-19H,1-6H3/q+1. The van der Waals surface area contributed by atoms with E-state index >= 15 is 0 Å². The van der Waals surface area contributed by atoms with E-state index in [2.05, 4.69) is 0 Å².